The van der Waals surface area contributed by atoms with Gasteiger partial charge < -0.3 is 20.9 Å². The number of benzene rings is 1. The molecule has 0 atom stereocenters. The van der Waals surface area contributed by atoms with Gasteiger partial charge in [-0.15, -0.1) is 24.8 Å². The van der Waals surface area contributed by atoms with Gasteiger partial charge >= 0.3 is 0 Å². The van der Waals surface area contributed by atoms with Crippen LogP contribution in [0.15, 0.2) is 43.0 Å². The predicted octanol–water partition coefficient (Wildman–Crippen LogP) is 2.22. The number of anilines is 1. The summed E-state index contributed by atoms with van der Waals surface area (Å²) in [5.74, 6) is -0.340. The van der Waals surface area contributed by atoms with E-state index in [1.165, 1.54) is 0 Å². The number of imidazole rings is 1. The van der Waals surface area contributed by atoms with Crippen molar-refractivity contribution in [3.63, 3.8) is 0 Å². The van der Waals surface area contributed by atoms with Crippen molar-refractivity contribution in [1.29, 1.82) is 0 Å². The van der Waals surface area contributed by atoms with Crippen molar-refractivity contribution in [3.05, 3.63) is 48.5 Å². The highest BCUT2D eigenvalue weighted by molar-refractivity contribution is 5.97. The first-order chi connectivity index (χ1) is 11.3. The molecule has 1 aromatic carbocycles. The molecule has 0 saturated carbocycles. The van der Waals surface area contributed by atoms with Gasteiger partial charge in [0.15, 0.2) is 0 Å². The van der Waals surface area contributed by atoms with Crippen molar-refractivity contribution >= 4 is 42.3 Å². The molecule has 0 fully saturated rings. The van der Waals surface area contributed by atoms with E-state index in [1.807, 2.05) is 18.4 Å². The number of rotatable bonds is 7. The van der Waals surface area contributed by atoms with Gasteiger partial charge in [-0.2, -0.15) is 0 Å². The molecular formula is C17H25Cl2N5O2. The van der Waals surface area contributed by atoms with E-state index < -0.39 is 5.54 Å². The number of aryl methyl sites for hydroxylation is 1. The molecule has 0 spiro atoms. The minimum atomic E-state index is -0.477. The van der Waals surface area contributed by atoms with Crippen LogP contribution in [0.5, 0.6) is 0 Å². The summed E-state index contributed by atoms with van der Waals surface area (Å²) in [6.45, 7) is 4.60. The second-order valence-electron chi connectivity index (χ2n) is 6.35. The van der Waals surface area contributed by atoms with Gasteiger partial charge in [0.25, 0.3) is 5.91 Å². The summed E-state index contributed by atoms with van der Waals surface area (Å²) in [7, 11) is 0. The van der Waals surface area contributed by atoms with Crippen LogP contribution < -0.4 is 16.4 Å². The van der Waals surface area contributed by atoms with E-state index >= 15 is 0 Å². The second-order valence-corrected chi connectivity index (χ2v) is 6.35. The first-order valence-corrected chi connectivity index (χ1v) is 7.76. The predicted molar refractivity (Wildman–Crippen MR) is 107 cm³/mol. The Labute approximate surface area is 165 Å². The number of nitrogens with two attached hydrogens (primary N) is 1. The Bertz CT molecular complexity index is 699. The van der Waals surface area contributed by atoms with Crippen LogP contribution in [-0.2, 0) is 11.3 Å². The van der Waals surface area contributed by atoms with Gasteiger partial charge in [0, 0.05) is 48.7 Å². The molecule has 1 heterocycles. The zero-order chi connectivity index (χ0) is 17.6. The summed E-state index contributed by atoms with van der Waals surface area (Å²) < 4.78 is 1.83. The molecule has 0 aliphatic heterocycles. The van der Waals surface area contributed by atoms with Crippen molar-refractivity contribution in [1.82, 2.24) is 14.9 Å². The maximum Gasteiger partial charge on any atom is 0.251 e. The van der Waals surface area contributed by atoms with Crippen molar-refractivity contribution < 1.29 is 9.59 Å². The second kappa shape index (κ2) is 10.8. The molecule has 0 aliphatic rings. The monoisotopic (exact) mass is 401 g/mol. The largest absolute Gasteiger partial charge is 0.350 e. The molecule has 2 amide bonds. The number of carbonyl (C=O) groups excluding carboxylic acids is 2. The number of aromatic nitrogens is 2. The fourth-order valence-electron chi connectivity index (χ4n) is 2.02. The third kappa shape index (κ3) is 8.33. The van der Waals surface area contributed by atoms with E-state index in [2.05, 4.69) is 15.6 Å². The van der Waals surface area contributed by atoms with Crippen LogP contribution in [0.3, 0.4) is 0 Å². The fraction of sp³-hybridized carbons (Fsp3) is 0.353. The van der Waals surface area contributed by atoms with E-state index in [9.17, 15) is 9.59 Å². The molecule has 4 N–H and O–H groups in total. The SMILES string of the molecule is CC(C)(N)CNC(=O)c1cccc(NC(=O)CCn2ccnc2)c1.Cl.Cl. The van der Waals surface area contributed by atoms with Crippen molar-refractivity contribution in [2.24, 2.45) is 5.73 Å². The number of amides is 2. The Morgan fingerprint density at radius 1 is 1.27 bits per heavy atom. The van der Waals surface area contributed by atoms with E-state index in [0.717, 1.165) is 0 Å². The smallest absolute Gasteiger partial charge is 0.251 e. The van der Waals surface area contributed by atoms with Crippen LogP contribution >= 0.6 is 24.8 Å². The van der Waals surface area contributed by atoms with E-state index in [1.54, 1.807) is 43.0 Å². The summed E-state index contributed by atoms with van der Waals surface area (Å²) >= 11 is 0. The van der Waals surface area contributed by atoms with Crippen LogP contribution in [-0.4, -0.2) is 33.4 Å². The normalized spacial score (nSPS) is 10.3. The third-order valence-corrected chi connectivity index (χ3v) is 3.27. The first kappa shape index (κ1) is 23.9. The van der Waals surface area contributed by atoms with E-state index in [4.69, 9.17) is 5.73 Å². The number of hydrogen-bond acceptors (Lipinski definition) is 4. The molecule has 0 unspecified atom stereocenters. The summed E-state index contributed by atoms with van der Waals surface area (Å²) in [5, 5.41) is 5.57. The Kier molecular flexibility index (Phi) is 9.93. The van der Waals surface area contributed by atoms with Gasteiger partial charge in [0.05, 0.1) is 6.33 Å². The molecule has 0 saturated heterocycles. The lowest BCUT2D eigenvalue weighted by molar-refractivity contribution is -0.116. The Morgan fingerprint density at radius 3 is 2.62 bits per heavy atom. The molecule has 0 aliphatic carbocycles. The van der Waals surface area contributed by atoms with Crippen LogP contribution in [0.1, 0.15) is 30.6 Å². The molecule has 0 radical (unpaired) electrons. The van der Waals surface area contributed by atoms with Crippen LogP contribution in [0.2, 0.25) is 0 Å². The summed E-state index contributed by atoms with van der Waals surface area (Å²) in [6, 6.07) is 6.82. The molecule has 7 nitrogen and oxygen atoms in total. The van der Waals surface area contributed by atoms with Crippen LogP contribution in [0, 0.1) is 0 Å². The Balaban J connectivity index is 0.00000312. The van der Waals surface area contributed by atoms with Crippen molar-refractivity contribution in [2.45, 2.75) is 32.4 Å². The highest BCUT2D eigenvalue weighted by Gasteiger charge is 2.14. The maximum atomic E-state index is 12.1. The number of nitrogens with one attached hydrogen (secondary N) is 2. The lowest BCUT2D eigenvalue weighted by Gasteiger charge is -2.19. The van der Waals surface area contributed by atoms with Gasteiger partial charge in [-0.3, -0.25) is 9.59 Å². The molecule has 9 heteroatoms. The minimum Gasteiger partial charge on any atom is -0.350 e. The highest BCUT2D eigenvalue weighted by atomic mass is 35.5. The standard InChI is InChI=1S/C17H23N5O2.2ClH/c1-17(2,18)11-20-16(24)13-4-3-5-14(10-13)21-15(23)6-8-22-9-7-19-12-22;;/h3-5,7,9-10,12H,6,8,11,18H2,1-2H3,(H,20,24)(H,21,23);2*1H. The number of carbonyl (C=O) groups is 2. The first-order valence-electron chi connectivity index (χ1n) is 7.76. The van der Waals surface area contributed by atoms with Crippen molar-refractivity contribution in [3.8, 4) is 0 Å². The van der Waals surface area contributed by atoms with Gasteiger partial charge in [-0.05, 0) is 32.0 Å². The van der Waals surface area contributed by atoms with E-state index in [-0.39, 0.29) is 36.6 Å². The van der Waals surface area contributed by atoms with Crippen molar-refractivity contribution in [2.75, 3.05) is 11.9 Å². The molecule has 1 aromatic heterocycles. The zero-order valence-corrected chi connectivity index (χ0v) is 16.4. The Morgan fingerprint density at radius 2 is 2.00 bits per heavy atom. The molecule has 2 rings (SSSR count). The summed E-state index contributed by atoms with van der Waals surface area (Å²) in [4.78, 5) is 28.0. The van der Waals surface area contributed by atoms with E-state index in [0.29, 0.717) is 30.8 Å². The molecule has 2 aromatic rings. The van der Waals surface area contributed by atoms with Gasteiger partial charge in [0.2, 0.25) is 5.91 Å². The quantitative estimate of drug-likeness (QED) is 0.661. The Hall–Kier alpha value is -2.09. The van der Waals surface area contributed by atoms with Gasteiger partial charge in [-0.1, -0.05) is 6.07 Å². The maximum absolute atomic E-state index is 12.1. The average molecular weight is 402 g/mol. The zero-order valence-electron chi connectivity index (χ0n) is 14.8. The van der Waals surface area contributed by atoms with Gasteiger partial charge in [0.1, 0.15) is 0 Å². The van der Waals surface area contributed by atoms with Gasteiger partial charge in [-0.25, -0.2) is 4.98 Å². The third-order valence-electron chi connectivity index (χ3n) is 3.27. The minimum absolute atomic E-state index is 0. The number of hydrogen-bond donors (Lipinski definition) is 3. The molecule has 0 bridgehead atoms. The molecule has 144 valence electrons. The molecule has 26 heavy (non-hydrogen) atoms. The lowest BCUT2D eigenvalue weighted by atomic mass is 10.1. The molecular weight excluding hydrogens is 377 g/mol. The van der Waals surface area contributed by atoms with Crippen LogP contribution in [0.4, 0.5) is 5.69 Å². The number of nitrogens with zero attached hydrogens (tertiary/aromatic N) is 2. The summed E-state index contributed by atoms with van der Waals surface area (Å²) in [5.41, 5.74) is 6.44. The fourth-order valence-corrected chi connectivity index (χ4v) is 2.02. The average Bonchev–Trinajstić information content (AvgIpc) is 3.03. The topological polar surface area (TPSA) is 102 Å². The lowest BCUT2D eigenvalue weighted by Crippen LogP contribution is -2.45. The highest BCUT2D eigenvalue weighted by Crippen LogP contribution is 2.11. The van der Waals surface area contributed by atoms with Crippen LogP contribution in [0.25, 0.3) is 0 Å². The number of halogens is 2. The summed E-state index contributed by atoms with van der Waals surface area (Å²) in [6.07, 6.45) is 5.46.